The number of hydrogen-bond donors (Lipinski definition) is 2. The van der Waals surface area contributed by atoms with Crippen molar-refractivity contribution in [2.45, 2.75) is 25.8 Å². The number of nitrogens with two attached hydrogens (primary N) is 1. The molecule has 0 aliphatic carbocycles. The minimum atomic E-state index is -0.652. The number of amides is 1. The minimum Gasteiger partial charge on any atom is -0.494 e. The molecule has 136 valence electrons. The second-order valence-electron chi connectivity index (χ2n) is 5.69. The number of halogens is 2. The van der Waals surface area contributed by atoms with Crippen molar-refractivity contribution in [3.8, 4) is 5.75 Å². The maximum Gasteiger partial charge on any atom is 0.241 e. The van der Waals surface area contributed by atoms with Gasteiger partial charge in [0.05, 0.1) is 6.61 Å². The number of nitrogens with one attached hydrogen (secondary N) is 1. The Labute approximate surface area is 154 Å². The Kier molecular flexibility index (Phi) is 8.95. The van der Waals surface area contributed by atoms with Crippen LogP contribution in [0.15, 0.2) is 48.5 Å². The molecule has 0 aromatic heterocycles. The van der Waals surface area contributed by atoms with Gasteiger partial charge in [-0.15, -0.1) is 12.4 Å². The average Bonchev–Trinajstić information content (AvgIpc) is 2.59. The summed E-state index contributed by atoms with van der Waals surface area (Å²) in [6, 6.07) is 12.9. The number of ether oxygens (including phenoxy) is 1. The van der Waals surface area contributed by atoms with Crippen LogP contribution in [0.1, 0.15) is 30.0 Å². The first-order valence-corrected chi connectivity index (χ1v) is 8.04. The van der Waals surface area contributed by atoms with Gasteiger partial charge in [-0.25, -0.2) is 4.39 Å². The van der Waals surface area contributed by atoms with Crippen LogP contribution in [0.5, 0.6) is 5.75 Å². The molecule has 0 aliphatic rings. The zero-order chi connectivity index (χ0) is 17.4. The van der Waals surface area contributed by atoms with Crippen molar-refractivity contribution in [1.82, 2.24) is 5.32 Å². The molecule has 0 saturated carbocycles. The van der Waals surface area contributed by atoms with Crippen molar-refractivity contribution in [2.75, 3.05) is 13.2 Å². The van der Waals surface area contributed by atoms with Crippen LogP contribution in [-0.2, 0) is 4.79 Å². The monoisotopic (exact) mass is 366 g/mol. The van der Waals surface area contributed by atoms with Gasteiger partial charge in [-0.3, -0.25) is 4.79 Å². The molecule has 1 amide bonds. The van der Waals surface area contributed by atoms with Gasteiger partial charge in [0.1, 0.15) is 17.6 Å². The van der Waals surface area contributed by atoms with Gasteiger partial charge < -0.3 is 15.8 Å². The lowest BCUT2D eigenvalue weighted by molar-refractivity contribution is -0.122. The maximum atomic E-state index is 12.8. The fourth-order valence-corrected chi connectivity index (χ4v) is 2.19. The average molecular weight is 367 g/mol. The molecule has 3 N–H and O–H groups in total. The topological polar surface area (TPSA) is 64.4 Å². The third-order valence-corrected chi connectivity index (χ3v) is 3.67. The van der Waals surface area contributed by atoms with Crippen LogP contribution in [0.25, 0.3) is 0 Å². The first-order chi connectivity index (χ1) is 11.6. The van der Waals surface area contributed by atoms with E-state index in [4.69, 9.17) is 10.5 Å². The van der Waals surface area contributed by atoms with Crippen LogP contribution in [-0.4, -0.2) is 19.1 Å². The summed E-state index contributed by atoms with van der Waals surface area (Å²) in [6.45, 7) is 3.06. The largest absolute Gasteiger partial charge is 0.494 e. The maximum absolute atomic E-state index is 12.8. The summed E-state index contributed by atoms with van der Waals surface area (Å²) >= 11 is 0. The molecular weight excluding hydrogens is 343 g/mol. The van der Waals surface area contributed by atoms with Gasteiger partial charge in [0, 0.05) is 6.54 Å². The SMILES string of the molecule is Cc1ccc(C(N)C(=O)NCCCCOc2ccc(F)cc2)cc1.Cl. The normalized spacial score (nSPS) is 11.3. The molecule has 6 heteroatoms. The van der Waals surface area contributed by atoms with E-state index in [9.17, 15) is 9.18 Å². The predicted molar refractivity (Wildman–Crippen MR) is 99.5 cm³/mol. The van der Waals surface area contributed by atoms with Gasteiger partial charge >= 0.3 is 0 Å². The van der Waals surface area contributed by atoms with Crippen LogP contribution in [0.3, 0.4) is 0 Å². The van der Waals surface area contributed by atoms with E-state index in [0.717, 1.165) is 24.0 Å². The predicted octanol–water partition coefficient (Wildman–Crippen LogP) is 3.53. The number of carbonyl (C=O) groups is 1. The van der Waals surface area contributed by atoms with Crippen molar-refractivity contribution >= 4 is 18.3 Å². The molecule has 1 atom stereocenters. The molecule has 2 aromatic carbocycles. The van der Waals surface area contributed by atoms with Crippen LogP contribution < -0.4 is 15.8 Å². The van der Waals surface area contributed by atoms with E-state index >= 15 is 0 Å². The second kappa shape index (κ2) is 10.7. The van der Waals surface area contributed by atoms with E-state index in [1.165, 1.54) is 12.1 Å². The molecule has 0 heterocycles. The van der Waals surface area contributed by atoms with Crippen LogP contribution in [0.4, 0.5) is 4.39 Å². The molecule has 0 spiro atoms. The van der Waals surface area contributed by atoms with Crippen molar-refractivity contribution in [2.24, 2.45) is 5.73 Å². The zero-order valence-corrected chi connectivity index (χ0v) is 15.0. The van der Waals surface area contributed by atoms with Gasteiger partial charge in [-0.2, -0.15) is 0 Å². The number of hydrogen-bond acceptors (Lipinski definition) is 3. The molecule has 0 radical (unpaired) electrons. The highest BCUT2D eigenvalue weighted by Gasteiger charge is 2.14. The lowest BCUT2D eigenvalue weighted by Gasteiger charge is -2.13. The first-order valence-electron chi connectivity index (χ1n) is 8.04. The van der Waals surface area contributed by atoms with Gasteiger partial charge in [-0.1, -0.05) is 29.8 Å². The minimum absolute atomic E-state index is 0. The quantitative estimate of drug-likeness (QED) is 0.702. The van der Waals surface area contributed by atoms with E-state index in [0.29, 0.717) is 18.9 Å². The Bertz CT molecular complexity index is 647. The molecule has 2 aromatic rings. The number of rotatable bonds is 8. The Balaban J connectivity index is 0.00000312. The van der Waals surface area contributed by atoms with Crippen molar-refractivity contribution in [3.63, 3.8) is 0 Å². The standard InChI is InChI=1S/C19H23FN2O2.ClH/c1-14-4-6-15(7-5-14)18(21)19(23)22-12-2-3-13-24-17-10-8-16(20)9-11-17;/h4-11,18H,2-3,12-13,21H2,1H3,(H,22,23);1H. The van der Waals surface area contributed by atoms with E-state index < -0.39 is 6.04 Å². The highest BCUT2D eigenvalue weighted by atomic mass is 35.5. The van der Waals surface area contributed by atoms with Crippen molar-refractivity contribution < 1.29 is 13.9 Å². The Hall–Kier alpha value is -2.11. The van der Waals surface area contributed by atoms with E-state index in [1.807, 2.05) is 31.2 Å². The third kappa shape index (κ3) is 7.11. The molecule has 25 heavy (non-hydrogen) atoms. The van der Waals surface area contributed by atoms with E-state index in [2.05, 4.69) is 5.32 Å². The summed E-state index contributed by atoms with van der Waals surface area (Å²) in [7, 11) is 0. The highest BCUT2D eigenvalue weighted by Crippen LogP contribution is 2.12. The summed E-state index contributed by atoms with van der Waals surface area (Å²) in [4.78, 5) is 12.0. The Morgan fingerprint density at radius 3 is 2.40 bits per heavy atom. The zero-order valence-electron chi connectivity index (χ0n) is 14.2. The van der Waals surface area contributed by atoms with E-state index in [-0.39, 0.29) is 24.1 Å². The van der Waals surface area contributed by atoms with E-state index in [1.54, 1.807) is 12.1 Å². The molecule has 1 unspecified atom stereocenters. The van der Waals surface area contributed by atoms with Crippen LogP contribution >= 0.6 is 12.4 Å². The van der Waals surface area contributed by atoms with Crippen molar-refractivity contribution in [3.05, 3.63) is 65.5 Å². The molecule has 0 aliphatic heterocycles. The second-order valence-corrected chi connectivity index (χ2v) is 5.69. The Morgan fingerprint density at radius 2 is 1.76 bits per heavy atom. The summed E-state index contributed by atoms with van der Waals surface area (Å²) < 4.78 is 18.2. The number of aryl methyl sites for hydroxylation is 1. The first kappa shape index (κ1) is 20.9. The summed E-state index contributed by atoms with van der Waals surface area (Å²) in [5, 5.41) is 2.83. The highest BCUT2D eigenvalue weighted by molar-refractivity contribution is 5.85. The molecule has 0 saturated heterocycles. The van der Waals surface area contributed by atoms with Crippen LogP contribution in [0, 0.1) is 12.7 Å². The lowest BCUT2D eigenvalue weighted by Crippen LogP contribution is -2.34. The fourth-order valence-electron chi connectivity index (χ4n) is 2.19. The van der Waals surface area contributed by atoms with Gasteiger partial charge in [0.2, 0.25) is 5.91 Å². The summed E-state index contributed by atoms with van der Waals surface area (Å²) in [5.41, 5.74) is 7.89. The Morgan fingerprint density at radius 1 is 1.12 bits per heavy atom. The number of unbranched alkanes of at least 4 members (excludes halogenated alkanes) is 1. The molecule has 0 bridgehead atoms. The molecule has 0 fully saturated rings. The van der Waals surface area contributed by atoms with Crippen molar-refractivity contribution in [1.29, 1.82) is 0 Å². The third-order valence-electron chi connectivity index (χ3n) is 3.67. The van der Waals surface area contributed by atoms with Gasteiger partial charge in [-0.05, 0) is 49.6 Å². The molecular formula is C19H24ClFN2O2. The molecule has 4 nitrogen and oxygen atoms in total. The van der Waals surface area contributed by atoms with Gasteiger partial charge in [0.15, 0.2) is 0 Å². The van der Waals surface area contributed by atoms with Gasteiger partial charge in [0.25, 0.3) is 0 Å². The number of benzene rings is 2. The fraction of sp³-hybridized carbons (Fsp3) is 0.316. The summed E-state index contributed by atoms with van der Waals surface area (Å²) in [6.07, 6.45) is 1.57. The lowest BCUT2D eigenvalue weighted by atomic mass is 10.1. The smallest absolute Gasteiger partial charge is 0.241 e. The number of carbonyl (C=O) groups excluding carboxylic acids is 1. The van der Waals surface area contributed by atoms with Crippen LogP contribution in [0.2, 0.25) is 0 Å². The summed E-state index contributed by atoms with van der Waals surface area (Å²) in [5.74, 6) is 0.176. The molecule has 2 rings (SSSR count).